The molecule has 0 unspecified atom stereocenters. The van der Waals surface area contributed by atoms with Crippen LogP contribution >= 0.6 is 23.2 Å². The molecular formula is C37H35Cl2N7O4. The van der Waals surface area contributed by atoms with Crippen molar-refractivity contribution in [2.24, 2.45) is 0 Å². The lowest BCUT2D eigenvalue weighted by molar-refractivity contribution is -0.122. The highest BCUT2D eigenvalue weighted by atomic mass is 35.5. The Labute approximate surface area is 299 Å². The molecule has 11 nitrogen and oxygen atoms in total. The second kappa shape index (κ2) is 16.3. The van der Waals surface area contributed by atoms with Gasteiger partial charge in [-0.3, -0.25) is 19.4 Å². The normalized spacial score (nSPS) is 11.0. The number of carbonyl (C=O) groups excluding carboxylic acids is 3. The van der Waals surface area contributed by atoms with Crippen molar-refractivity contribution in [3.63, 3.8) is 0 Å². The van der Waals surface area contributed by atoms with Crippen molar-refractivity contribution in [1.29, 1.82) is 0 Å². The molecule has 5 aromatic rings. The highest BCUT2D eigenvalue weighted by Crippen LogP contribution is 2.36. The lowest BCUT2D eigenvalue weighted by Crippen LogP contribution is -2.37. The van der Waals surface area contributed by atoms with E-state index in [1.807, 2.05) is 50.2 Å². The molecule has 3 aromatic heterocycles. The van der Waals surface area contributed by atoms with E-state index in [2.05, 4.69) is 20.6 Å². The first-order valence-corrected chi connectivity index (χ1v) is 16.3. The maximum atomic E-state index is 13.1. The Balaban J connectivity index is 1.16. The summed E-state index contributed by atoms with van der Waals surface area (Å²) in [6.07, 6.45) is 7.81. The minimum absolute atomic E-state index is 0.0366. The van der Waals surface area contributed by atoms with E-state index in [1.54, 1.807) is 61.9 Å². The number of ether oxygens (including phenoxy) is 1. The van der Waals surface area contributed by atoms with Crippen LogP contribution in [0.5, 0.6) is 5.75 Å². The molecule has 0 spiro atoms. The summed E-state index contributed by atoms with van der Waals surface area (Å²) >= 11 is 13.3. The number of nitrogens with zero attached hydrogens (tertiary/aromatic N) is 5. The van der Waals surface area contributed by atoms with E-state index in [4.69, 9.17) is 32.9 Å². The lowest BCUT2D eigenvalue weighted by Gasteiger charge is -2.21. The Bertz CT molecular complexity index is 2060. The number of aryl methyl sites for hydroxylation is 1. The summed E-state index contributed by atoms with van der Waals surface area (Å²) in [6, 6.07) is 17.9. The van der Waals surface area contributed by atoms with Crippen LogP contribution in [0.3, 0.4) is 0 Å². The molecule has 256 valence electrons. The van der Waals surface area contributed by atoms with Crippen molar-refractivity contribution in [2.45, 2.75) is 20.0 Å². The standard InChI is InChI=1S/C37H35Cl2N7O4/c1-23-18-30(45(2)3)26-6-5-7-31(37(26)43-23)50-22-27-28(38)10-11-29(36(27)39)46(4)35(49)21-42-33(47)13-9-25-8-12-32(41-20-25)44-34(48)19-24-14-16-40-17-15-24/h5-18,20H,19,21-22H2,1-4H3,(H,42,47)(H,41,44,48). The van der Waals surface area contributed by atoms with Gasteiger partial charge in [-0.1, -0.05) is 35.3 Å². The van der Waals surface area contributed by atoms with Gasteiger partial charge in [-0.15, -0.1) is 0 Å². The summed E-state index contributed by atoms with van der Waals surface area (Å²) < 4.78 is 6.20. The van der Waals surface area contributed by atoms with Gasteiger partial charge < -0.3 is 25.2 Å². The van der Waals surface area contributed by atoms with Gasteiger partial charge in [0.2, 0.25) is 17.7 Å². The number of fused-ring (bicyclic) bond motifs is 1. The third kappa shape index (κ3) is 8.93. The Kier molecular flexibility index (Phi) is 11.6. The van der Waals surface area contributed by atoms with Crippen LogP contribution in [0.25, 0.3) is 17.0 Å². The average molecular weight is 713 g/mol. The zero-order valence-corrected chi connectivity index (χ0v) is 29.4. The first-order valence-electron chi connectivity index (χ1n) is 15.5. The molecular weight excluding hydrogens is 677 g/mol. The molecule has 0 bridgehead atoms. The SMILES string of the molecule is Cc1cc(N(C)C)c2cccc(OCc3c(Cl)ccc(N(C)C(=O)CNC(=O)C=Cc4ccc(NC(=O)Cc5ccncc5)nc4)c3Cl)c2n1. The zero-order chi connectivity index (χ0) is 35.8. The number of para-hydroxylation sites is 1. The Hall–Kier alpha value is -5.52. The second-order valence-corrected chi connectivity index (χ2v) is 12.3. The van der Waals surface area contributed by atoms with E-state index >= 15 is 0 Å². The van der Waals surface area contributed by atoms with Gasteiger partial charge in [-0.25, -0.2) is 9.97 Å². The fourth-order valence-corrected chi connectivity index (χ4v) is 5.65. The van der Waals surface area contributed by atoms with Gasteiger partial charge in [0.15, 0.2) is 0 Å². The van der Waals surface area contributed by atoms with Crippen LogP contribution in [-0.2, 0) is 27.4 Å². The van der Waals surface area contributed by atoms with E-state index in [0.717, 1.165) is 22.3 Å². The third-order valence-corrected chi connectivity index (χ3v) is 8.45. The Morgan fingerprint density at radius 3 is 2.46 bits per heavy atom. The molecule has 0 atom stereocenters. The number of nitrogens with one attached hydrogen (secondary N) is 2. The van der Waals surface area contributed by atoms with Crippen LogP contribution in [0, 0.1) is 6.92 Å². The molecule has 0 aliphatic carbocycles. The molecule has 3 heterocycles. The van der Waals surface area contributed by atoms with Crippen LogP contribution < -0.4 is 25.2 Å². The van der Waals surface area contributed by atoms with Crippen LogP contribution in [0.4, 0.5) is 17.2 Å². The summed E-state index contributed by atoms with van der Waals surface area (Å²) in [6.45, 7) is 1.69. The third-order valence-electron chi connectivity index (χ3n) is 7.67. The summed E-state index contributed by atoms with van der Waals surface area (Å²) in [5.74, 6) is -0.134. The smallest absolute Gasteiger partial charge is 0.246 e. The molecule has 0 fully saturated rings. The van der Waals surface area contributed by atoms with Crippen molar-refractivity contribution >= 4 is 75.1 Å². The zero-order valence-electron chi connectivity index (χ0n) is 27.9. The number of carbonyl (C=O) groups is 3. The number of benzene rings is 2. The van der Waals surface area contributed by atoms with Gasteiger partial charge >= 0.3 is 0 Å². The predicted octanol–water partition coefficient (Wildman–Crippen LogP) is 6.26. The fourth-order valence-electron chi connectivity index (χ4n) is 5.04. The van der Waals surface area contributed by atoms with Crippen LogP contribution in [-0.4, -0.2) is 60.4 Å². The summed E-state index contributed by atoms with van der Waals surface area (Å²) in [5.41, 5.74) is 4.96. The minimum atomic E-state index is -0.478. The Morgan fingerprint density at radius 1 is 0.960 bits per heavy atom. The number of pyridine rings is 3. The van der Waals surface area contributed by atoms with Crippen molar-refractivity contribution in [2.75, 3.05) is 42.8 Å². The summed E-state index contributed by atoms with van der Waals surface area (Å²) in [4.78, 5) is 54.1. The lowest BCUT2D eigenvalue weighted by atomic mass is 10.1. The van der Waals surface area contributed by atoms with E-state index in [0.29, 0.717) is 38.9 Å². The molecule has 2 N–H and O–H groups in total. The maximum Gasteiger partial charge on any atom is 0.246 e. The average Bonchev–Trinajstić information content (AvgIpc) is 3.10. The molecule has 50 heavy (non-hydrogen) atoms. The highest BCUT2D eigenvalue weighted by Gasteiger charge is 2.20. The van der Waals surface area contributed by atoms with Gasteiger partial charge in [0.05, 0.1) is 23.7 Å². The number of amides is 3. The number of rotatable bonds is 12. The van der Waals surface area contributed by atoms with E-state index in [-0.39, 0.29) is 30.5 Å². The number of aromatic nitrogens is 3. The first-order chi connectivity index (χ1) is 24.0. The summed E-state index contributed by atoms with van der Waals surface area (Å²) in [5, 5.41) is 6.90. The van der Waals surface area contributed by atoms with Gasteiger partial charge in [0, 0.05) is 73.2 Å². The number of hydrogen-bond donors (Lipinski definition) is 2. The van der Waals surface area contributed by atoms with Crippen molar-refractivity contribution in [3.05, 3.63) is 118 Å². The largest absolute Gasteiger partial charge is 0.487 e. The number of hydrogen-bond acceptors (Lipinski definition) is 8. The number of anilines is 3. The molecule has 5 rings (SSSR count). The van der Waals surface area contributed by atoms with E-state index < -0.39 is 11.8 Å². The number of halogens is 2. The van der Waals surface area contributed by atoms with E-state index in [9.17, 15) is 14.4 Å². The van der Waals surface area contributed by atoms with Gasteiger partial charge in [0.25, 0.3) is 0 Å². The molecule has 0 aliphatic heterocycles. The molecule has 3 amide bonds. The number of likely N-dealkylation sites (N-methyl/N-ethyl adjacent to an activating group) is 1. The predicted molar refractivity (Wildman–Crippen MR) is 198 cm³/mol. The maximum absolute atomic E-state index is 13.1. The molecule has 13 heteroatoms. The van der Waals surface area contributed by atoms with Crippen molar-refractivity contribution in [3.8, 4) is 5.75 Å². The first kappa shape index (κ1) is 35.8. The molecule has 2 aromatic carbocycles. The summed E-state index contributed by atoms with van der Waals surface area (Å²) in [7, 11) is 5.51. The van der Waals surface area contributed by atoms with Crippen LogP contribution in [0.1, 0.15) is 22.4 Å². The monoisotopic (exact) mass is 711 g/mol. The van der Waals surface area contributed by atoms with Gasteiger partial charge in [0.1, 0.15) is 23.7 Å². The second-order valence-electron chi connectivity index (χ2n) is 11.5. The quantitative estimate of drug-likeness (QED) is 0.145. The van der Waals surface area contributed by atoms with Crippen molar-refractivity contribution in [1.82, 2.24) is 20.3 Å². The molecule has 0 aliphatic rings. The van der Waals surface area contributed by atoms with Gasteiger partial charge in [-0.05, 0) is 72.7 Å². The van der Waals surface area contributed by atoms with Crippen LogP contribution in [0.2, 0.25) is 10.0 Å². The Morgan fingerprint density at radius 2 is 1.74 bits per heavy atom. The van der Waals surface area contributed by atoms with Crippen molar-refractivity contribution < 1.29 is 19.1 Å². The topological polar surface area (TPSA) is 130 Å². The fraction of sp³-hybridized carbons (Fsp3) is 0.189. The molecule has 0 saturated heterocycles. The highest BCUT2D eigenvalue weighted by molar-refractivity contribution is 6.38. The molecule has 0 radical (unpaired) electrons. The van der Waals surface area contributed by atoms with Gasteiger partial charge in [-0.2, -0.15) is 0 Å². The molecule has 0 saturated carbocycles. The van der Waals surface area contributed by atoms with E-state index in [1.165, 1.54) is 17.2 Å². The minimum Gasteiger partial charge on any atom is -0.487 e. The van der Waals surface area contributed by atoms with Crippen LogP contribution in [0.15, 0.2) is 85.3 Å².